The van der Waals surface area contributed by atoms with Crippen LogP contribution in [0.15, 0.2) is 23.8 Å². The van der Waals surface area contributed by atoms with Crippen molar-refractivity contribution < 1.29 is 28.5 Å². The average molecular weight is 489 g/mol. The van der Waals surface area contributed by atoms with Crippen molar-refractivity contribution in [3.63, 3.8) is 0 Å². The lowest BCUT2D eigenvalue weighted by atomic mass is 10.1. The number of ether oxygens (including phenoxy) is 4. The largest absolute Gasteiger partial charge is 0.490 e. The van der Waals surface area contributed by atoms with E-state index in [-0.39, 0.29) is 5.57 Å². The number of unbranched alkanes of at least 4 members (excludes halogenated alkanes) is 10. The van der Waals surface area contributed by atoms with Crippen molar-refractivity contribution in [2.24, 2.45) is 0 Å². The molecular weight excluding hydrogens is 444 g/mol. The van der Waals surface area contributed by atoms with Gasteiger partial charge in [-0.3, -0.25) is 0 Å². The SMILES string of the molecule is CCCCCCCCOc1ccc(C=C2C(=O)OC(C)(C)OC2=O)cc1OCCCCCCCC. The molecular formula is C29H44O6. The Hall–Kier alpha value is -2.50. The van der Waals surface area contributed by atoms with Crippen LogP contribution in [0.4, 0.5) is 0 Å². The summed E-state index contributed by atoms with van der Waals surface area (Å²) in [7, 11) is 0. The van der Waals surface area contributed by atoms with Gasteiger partial charge in [0.2, 0.25) is 0 Å². The number of cyclic esters (lactones) is 2. The van der Waals surface area contributed by atoms with E-state index in [0.717, 1.165) is 25.7 Å². The first-order chi connectivity index (χ1) is 16.9. The molecule has 1 heterocycles. The highest BCUT2D eigenvalue weighted by atomic mass is 16.7. The van der Waals surface area contributed by atoms with Crippen molar-refractivity contribution in [2.45, 2.75) is 111 Å². The van der Waals surface area contributed by atoms with Gasteiger partial charge in [-0.15, -0.1) is 0 Å². The fourth-order valence-electron chi connectivity index (χ4n) is 3.92. The van der Waals surface area contributed by atoms with Gasteiger partial charge < -0.3 is 18.9 Å². The van der Waals surface area contributed by atoms with Crippen molar-refractivity contribution in [3.05, 3.63) is 29.3 Å². The van der Waals surface area contributed by atoms with Gasteiger partial charge in [0.15, 0.2) is 11.5 Å². The van der Waals surface area contributed by atoms with Crippen LogP contribution in [0.2, 0.25) is 0 Å². The maximum absolute atomic E-state index is 12.3. The molecule has 0 spiro atoms. The van der Waals surface area contributed by atoms with Gasteiger partial charge in [0.05, 0.1) is 13.2 Å². The minimum Gasteiger partial charge on any atom is -0.490 e. The van der Waals surface area contributed by atoms with Gasteiger partial charge in [-0.05, 0) is 36.6 Å². The van der Waals surface area contributed by atoms with E-state index < -0.39 is 17.7 Å². The van der Waals surface area contributed by atoms with E-state index >= 15 is 0 Å². The molecule has 6 heteroatoms. The molecule has 0 amide bonds. The van der Waals surface area contributed by atoms with Gasteiger partial charge in [0, 0.05) is 13.8 Å². The van der Waals surface area contributed by atoms with Crippen LogP contribution in [0, 0.1) is 0 Å². The van der Waals surface area contributed by atoms with Crippen LogP contribution >= 0.6 is 0 Å². The number of hydrogen-bond acceptors (Lipinski definition) is 6. The lowest BCUT2D eigenvalue weighted by Crippen LogP contribution is -2.41. The second kappa shape index (κ2) is 15.5. The van der Waals surface area contributed by atoms with Crippen molar-refractivity contribution >= 4 is 18.0 Å². The predicted octanol–water partition coefficient (Wildman–Crippen LogP) is 7.38. The molecule has 0 bridgehead atoms. The quantitative estimate of drug-likeness (QED) is 0.0985. The van der Waals surface area contributed by atoms with Crippen LogP contribution in [0.3, 0.4) is 0 Å². The monoisotopic (exact) mass is 488 g/mol. The minimum absolute atomic E-state index is 0.132. The van der Waals surface area contributed by atoms with E-state index in [4.69, 9.17) is 18.9 Å². The zero-order valence-corrected chi connectivity index (χ0v) is 22.2. The summed E-state index contributed by atoms with van der Waals surface area (Å²) in [5, 5.41) is 0. The van der Waals surface area contributed by atoms with Gasteiger partial charge >= 0.3 is 11.9 Å². The van der Waals surface area contributed by atoms with Crippen LogP contribution in [0.25, 0.3) is 6.08 Å². The summed E-state index contributed by atoms with van der Waals surface area (Å²) in [5.74, 6) is -1.34. The molecule has 1 aliphatic heterocycles. The highest BCUT2D eigenvalue weighted by molar-refractivity contribution is 6.18. The maximum atomic E-state index is 12.3. The van der Waals surface area contributed by atoms with Gasteiger partial charge in [-0.25, -0.2) is 9.59 Å². The van der Waals surface area contributed by atoms with Crippen LogP contribution in [0.1, 0.15) is 110 Å². The van der Waals surface area contributed by atoms with E-state index in [2.05, 4.69) is 13.8 Å². The zero-order chi connectivity index (χ0) is 25.5. The van der Waals surface area contributed by atoms with Crippen LogP contribution in [-0.4, -0.2) is 30.9 Å². The highest BCUT2D eigenvalue weighted by Crippen LogP contribution is 2.31. The Morgan fingerprint density at radius 3 is 1.74 bits per heavy atom. The summed E-state index contributed by atoms with van der Waals surface area (Å²) in [6.07, 6.45) is 15.7. The van der Waals surface area contributed by atoms with E-state index in [0.29, 0.717) is 30.3 Å². The molecule has 1 fully saturated rings. The number of carbonyl (C=O) groups excluding carboxylic acids is 2. The molecule has 1 aromatic carbocycles. The Labute approximate surface area is 211 Å². The van der Waals surface area contributed by atoms with Crippen molar-refractivity contribution in [1.29, 1.82) is 0 Å². The molecule has 0 aliphatic carbocycles. The predicted molar refractivity (Wildman–Crippen MR) is 138 cm³/mol. The second-order valence-electron chi connectivity index (χ2n) is 9.68. The van der Waals surface area contributed by atoms with Crippen molar-refractivity contribution in [3.8, 4) is 11.5 Å². The molecule has 6 nitrogen and oxygen atoms in total. The van der Waals surface area contributed by atoms with Gasteiger partial charge in [0.1, 0.15) is 5.57 Å². The number of hydrogen-bond donors (Lipinski definition) is 0. The van der Waals surface area contributed by atoms with Gasteiger partial charge in [-0.2, -0.15) is 0 Å². The molecule has 1 aromatic rings. The maximum Gasteiger partial charge on any atom is 0.348 e. The fraction of sp³-hybridized carbons (Fsp3) is 0.655. The Bertz CT molecular complexity index is 804. The van der Waals surface area contributed by atoms with Crippen LogP contribution < -0.4 is 9.47 Å². The van der Waals surface area contributed by atoms with Crippen LogP contribution in [-0.2, 0) is 19.1 Å². The first-order valence-electron chi connectivity index (χ1n) is 13.4. The van der Waals surface area contributed by atoms with E-state index in [1.807, 2.05) is 12.1 Å². The molecule has 0 aromatic heterocycles. The molecule has 0 unspecified atom stereocenters. The number of carbonyl (C=O) groups is 2. The third-order valence-corrected chi connectivity index (χ3v) is 5.91. The summed E-state index contributed by atoms with van der Waals surface area (Å²) in [5.41, 5.74) is 0.519. The summed E-state index contributed by atoms with van der Waals surface area (Å²) in [6, 6.07) is 5.45. The average Bonchev–Trinajstić information content (AvgIpc) is 2.80. The minimum atomic E-state index is -1.26. The third-order valence-electron chi connectivity index (χ3n) is 5.91. The number of benzene rings is 1. The Morgan fingerprint density at radius 1 is 0.714 bits per heavy atom. The molecule has 1 saturated heterocycles. The van der Waals surface area contributed by atoms with Gasteiger partial charge in [0.25, 0.3) is 5.79 Å². The molecule has 0 radical (unpaired) electrons. The smallest absolute Gasteiger partial charge is 0.348 e. The van der Waals surface area contributed by atoms with E-state index in [1.54, 1.807) is 6.07 Å². The van der Waals surface area contributed by atoms with E-state index in [9.17, 15) is 9.59 Å². The molecule has 35 heavy (non-hydrogen) atoms. The standard InChI is InChI=1S/C29H44O6/c1-5-7-9-11-13-15-19-32-25-18-17-23(21-24-27(30)34-29(3,4)35-28(24)31)22-26(25)33-20-16-14-12-10-8-6-2/h17-18,21-22H,5-16,19-20H2,1-4H3. The normalized spacial score (nSPS) is 14.9. The topological polar surface area (TPSA) is 71.1 Å². The Kier molecular flexibility index (Phi) is 12.7. The summed E-state index contributed by atoms with van der Waals surface area (Å²) in [6.45, 7) is 8.72. The first-order valence-corrected chi connectivity index (χ1v) is 13.4. The number of esters is 2. The molecule has 196 valence electrons. The lowest BCUT2D eigenvalue weighted by molar-refractivity contribution is -0.222. The van der Waals surface area contributed by atoms with Crippen molar-refractivity contribution in [2.75, 3.05) is 13.2 Å². The second-order valence-corrected chi connectivity index (χ2v) is 9.68. The zero-order valence-electron chi connectivity index (χ0n) is 22.2. The van der Waals surface area contributed by atoms with E-state index in [1.165, 1.54) is 71.3 Å². The molecule has 0 atom stereocenters. The summed E-state index contributed by atoms with van der Waals surface area (Å²) >= 11 is 0. The fourth-order valence-corrected chi connectivity index (χ4v) is 3.92. The molecule has 2 rings (SSSR count). The van der Waals surface area contributed by atoms with Gasteiger partial charge in [-0.1, -0.05) is 84.1 Å². The van der Waals surface area contributed by atoms with Crippen LogP contribution in [0.5, 0.6) is 11.5 Å². The Balaban J connectivity index is 2.03. The molecule has 0 N–H and O–H groups in total. The Morgan fingerprint density at radius 2 is 1.20 bits per heavy atom. The molecule has 0 saturated carbocycles. The van der Waals surface area contributed by atoms with Crippen molar-refractivity contribution in [1.82, 2.24) is 0 Å². The summed E-state index contributed by atoms with van der Waals surface area (Å²) < 4.78 is 22.5. The molecule has 1 aliphatic rings. The number of rotatable bonds is 17. The lowest BCUT2D eigenvalue weighted by Gasteiger charge is -2.29. The third kappa shape index (κ3) is 10.7. The first kappa shape index (κ1) is 28.7. The highest BCUT2D eigenvalue weighted by Gasteiger charge is 2.38. The summed E-state index contributed by atoms with van der Waals surface area (Å²) in [4.78, 5) is 24.6.